The minimum atomic E-state index is -0.404. The van der Waals surface area contributed by atoms with Gasteiger partial charge in [-0.15, -0.1) is 0 Å². The van der Waals surface area contributed by atoms with Crippen molar-refractivity contribution in [3.05, 3.63) is 58.8 Å². The zero-order chi connectivity index (χ0) is 13.7. The summed E-state index contributed by atoms with van der Waals surface area (Å²) in [6, 6.07) is 8.61. The van der Waals surface area contributed by atoms with Crippen molar-refractivity contribution in [2.45, 2.75) is 25.3 Å². The van der Waals surface area contributed by atoms with E-state index in [1.54, 1.807) is 18.4 Å². The summed E-state index contributed by atoms with van der Waals surface area (Å²) in [5.41, 5.74) is 3.72. The van der Waals surface area contributed by atoms with Gasteiger partial charge in [0.1, 0.15) is 11.6 Å². The lowest BCUT2D eigenvalue weighted by atomic mass is 10.0. The molecule has 0 radical (unpaired) electrons. The van der Waals surface area contributed by atoms with E-state index in [-0.39, 0.29) is 11.1 Å². The van der Waals surface area contributed by atoms with Gasteiger partial charge in [-0.05, 0) is 42.7 Å². The number of rotatable bonds is 6. The molecule has 0 amide bonds. The predicted octanol–water partition coefficient (Wildman–Crippen LogP) is 3.08. The van der Waals surface area contributed by atoms with E-state index in [2.05, 4.69) is 5.43 Å². The lowest BCUT2D eigenvalue weighted by Crippen LogP contribution is -2.37. The first-order valence-corrected chi connectivity index (χ1v) is 6.49. The third-order valence-electron chi connectivity index (χ3n) is 3.02. The van der Waals surface area contributed by atoms with Crippen LogP contribution >= 0.6 is 11.6 Å². The Balaban J connectivity index is 1.92. The second-order valence-corrected chi connectivity index (χ2v) is 4.84. The van der Waals surface area contributed by atoms with Crippen LogP contribution in [0, 0.1) is 5.82 Å². The Bertz CT molecular complexity index is 516. The summed E-state index contributed by atoms with van der Waals surface area (Å²) >= 11 is 5.76. The molecule has 0 fully saturated rings. The van der Waals surface area contributed by atoms with Crippen LogP contribution in [0.3, 0.4) is 0 Å². The summed E-state index contributed by atoms with van der Waals surface area (Å²) in [5.74, 6) is 6.06. The van der Waals surface area contributed by atoms with Crippen molar-refractivity contribution in [3.8, 4) is 0 Å². The highest BCUT2D eigenvalue weighted by Gasteiger charge is 2.10. The molecule has 1 atom stereocenters. The van der Waals surface area contributed by atoms with Gasteiger partial charge in [-0.2, -0.15) is 0 Å². The maximum Gasteiger partial charge on any atom is 0.141 e. The molecule has 3 N–H and O–H groups in total. The van der Waals surface area contributed by atoms with Crippen LogP contribution in [-0.2, 0) is 12.8 Å². The SMILES string of the molecule is NNC(CCc1ccco1)Cc1ccc(F)c(Cl)c1. The van der Waals surface area contributed by atoms with Gasteiger partial charge in [0, 0.05) is 12.5 Å². The Morgan fingerprint density at radius 2 is 2.21 bits per heavy atom. The van der Waals surface area contributed by atoms with Gasteiger partial charge in [0.25, 0.3) is 0 Å². The van der Waals surface area contributed by atoms with E-state index in [0.717, 1.165) is 24.2 Å². The first-order valence-electron chi connectivity index (χ1n) is 6.11. The van der Waals surface area contributed by atoms with Crippen LogP contribution in [0.1, 0.15) is 17.7 Å². The number of nitrogens with one attached hydrogen (secondary N) is 1. The Kier molecular flexibility index (Phi) is 4.96. The van der Waals surface area contributed by atoms with E-state index in [1.165, 1.54) is 6.07 Å². The van der Waals surface area contributed by atoms with Gasteiger partial charge >= 0.3 is 0 Å². The first-order chi connectivity index (χ1) is 9.19. The molecule has 0 aliphatic carbocycles. The smallest absolute Gasteiger partial charge is 0.141 e. The van der Waals surface area contributed by atoms with E-state index in [0.29, 0.717) is 6.42 Å². The van der Waals surface area contributed by atoms with Crippen molar-refractivity contribution in [3.63, 3.8) is 0 Å². The Hall–Kier alpha value is -1.36. The second-order valence-electron chi connectivity index (χ2n) is 4.43. The molecule has 1 aromatic carbocycles. The molecule has 1 unspecified atom stereocenters. The third kappa shape index (κ3) is 4.06. The first kappa shape index (κ1) is 14.1. The standard InChI is InChI=1S/C14H16ClFN2O/c15-13-9-10(3-6-14(13)16)8-11(18-17)4-5-12-2-1-7-19-12/h1-3,6-7,9,11,18H,4-5,8,17H2. The van der Waals surface area contributed by atoms with Crippen molar-refractivity contribution >= 4 is 11.6 Å². The van der Waals surface area contributed by atoms with Crippen LogP contribution in [0.5, 0.6) is 0 Å². The normalized spacial score (nSPS) is 12.6. The summed E-state index contributed by atoms with van der Waals surface area (Å²) in [6.07, 6.45) is 3.98. The van der Waals surface area contributed by atoms with Gasteiger partial charge in [0.2, 0.25) is 0 Å². The largest absolute Gasteiger partial charge is 0.469 e. The van der Waals surface area contributed by atoms with Gasteiger partial charge in [-0.25, -0.2) is 4.39 Å². The fourth-order valence-electron chi connectivity index (χ4n) is 1.97. The van der Waals surface area contributed by atoms with Crippen LogP contribution in [0.25, 0.3) is 0 Å². The number of aryl methyl sites for hydroxylation is 1. The second kappa shape index (κ2) is 6.70. The number of nitrogens with two attached hydrogens (primary N) is 1. The van der Waals surface area contributed by atoms with E-state index < -0.39 is 5.82 Å². The van der Waals surface area contributed by atoms with Crippen molar-refractivity contribution in [1.29, 1.82) is 0 Å². The fourth-order valence-corrected chi connectivity index (χ4v) is 2.17. The molecule has 1 heterocycles. The highest BCUT2D eigenvalue weighted by Crippen LogP contribution is 2.18. The van der Waals surface area contributed by atoms with Crippen molar-refractivity contribution in [2.24, 2.45) is 5.84 Å². The van der Waals surface area contributed by atoms with Crippen LogP contribution in [0.2, 0.25) is 5.02 Å². The van der Waals surface area contributed by atoms with E-state index in [9.17, 15) is 4.39 Å². The highest BCUT2D eigenvalue weighted by molar-refractivity contribution is 6.30. The monoisotopic (exact) mass is 282 g/mol. The molecule has 5 heteroatoms. The molecule has 0 aliphatic rings. The predicted molar refractivity (Wildman–Crippen MR) is 73.3 cm³/mol. The molecular formula is C14H16ClFN2O. The highest BCUT2D eigenvalue weighted by atomic mass is 35.5. The average Bonchev–Trinajstić information content (AvgIpc) is 2.92. The van der Waals surface area contributed by atoms with Crippen LogP contribution in [0.15, 0.2) is 41.0 Å². The van der Waals surface area contributed by atoms with Crippen molar-refractivity contribution in [1.82, 2.24) is 5.43 Å². The van der Waals surface area contributed by atoms with Crippen LogP contribution in [-0.4, -0.2) is 6.04 Å². The summed E-state index contributed by atoms with van der Waals surface area (Å²) < 4.78 is 18.3. The molecule has 102 valence electrons. The molecule has 0 bridgehead atoms. The quantitative estimate of drug-likeness (QED) is 0.632. The number of halogens is 2. The minimum absolute atomic E-state index is 0.0895. The molecule has 2 aromatic rings. The molecule has 3 nitrogen and oxygen atoms in total. The Labute approximate surface area is 116 Å². The molecule has 1 aromatic heterocycles. The van der Waals surface area contributed by atoms with Crippen LogP contribution in [0.4, 0.5) is 4.39 Å². The Morgan fingerprint density at radius 1 is 1.37 bits per heavy atom. The summed E-state index contributed by atoms with van der Waals surface area (Å²) in [6.45, 7) is 0. The molecule has 0 saturated heterocycles. The molecule has 19 heavy (non-hydrogen) atoms. The number of hydrogen-bond acceptors (Lipinski definition) is 3. The number of hydrazine groups is 1. The lowest BCUT2D eigenvalue weighted by Gasteiger charge is -2.15. The lowest BCUT2D eigenvalue weighted by molar-refractivity contribution is 0.447. The van der Waals surface area contributed by atoms with Crippen molar-refractivity contribution < 1.29 is 8.81 Å². The van der Waals surface area contributed by atoms with Gasteiger partial charge in [-0.3, -0.25) is 11.3 Å². The topological polar surface area (TPSA) is 51.2 Å². The van der Waals surface area contributed by atoms with Crippen LogP contribution < -0.4 is 11.3 Å². The van der Waals surface area contributed by atoms with Crippen molar-refractivity contribution in [2.75, 3.05) is 0 Å². The number of benzene rings is 1. The third-order valence-corrected chi connectivity index (χ3v) is 3.31. The fraction of sp³-hybridized carbons (Fsp3) is 0.286. The summed E-state index contributed by atoms with van der Waals surface area (Å²) in [7, 11) is 0. The number of furan rings is 1. The summed E-state index contributed by atoms with van der Waals surface area (Å²) in [5, 5.41) is 0.138. The van der Waals surface area contributed by atoms with Gasteiger partial charge in [-0.1, -0.05) is 17.7 Å². The average molecular weight is 283 g/mol. The molecule has 0 saturated carbocycles. The molecule has 0 spiro atoms. The van der Waals surface area contributed by atoms with Gasteiger partial charge < -0.3 is 4.42 Å². The molecular weight excluding hydrogens is 267 g/mol. The maximum absolute atomic E-state index is 13.1. The maximum atomic E-state index is 13.1. The van der Waals surface area contributed by atoms with E-state index in [1.807, 2.05) is 12.1 Å². The minimum Gasteiger partial charge on any atom is -0.469 e. The molecule has 0 aliphatic heterocycles. The van der Waals surface area contributed by atoms with Gasteiger partial charge in [0.05, 0.1) is 11.3 Å². The van der Waals surface area contributed by atoms with E-state index in [4.69, 9.17) is 21.9 Å². The van der Waals surface area contributed by atoms with E-state index >= 15 is 0 Å². The Morgan fingerprint density at radius 3 is 2.84 bits per heavy atom. The molecule has 2 rings (SSSR count). The van der Waals surface area contributed by atoms with Gasteiger partial charge in [0.15, 0.2) is 0 Å². The summed E-state index contributed by atoms with van der Waals surface area (Å²) in [4.78, 5) is 0. The zero-order valence-corrected chi connectivity index (χ0v) is 11.2. The zero-order valence-electron chi connectivity index (χ0n) is 10.4. The number of hydrogen-bond donors (Lipinski definition) is 2.